The second-order valence-electron chi connectivity index (χ2n) is 7.23. The van der Waals surface area contributed by atoms with Crippen LogP contribution in [0.1, 0.15) is 41.5 Å². The van der Waals surface area contributed by atoms with Crippen molar-refractivity contribution in [3.8, 4) is 0 Å². The van der Waals surface area contributed by atoms with Gasteiger partial charge in [0, 0.05) is 6.20 Å². The van der Waals surface area contributed by atoms with Crippen LogP contribution in [0.2, 0.25) is 0 Å². The highest BCUT2D eigenvalue weighted by molar-refractivity contribution is 9.10. The smallest absolute Gasteiger partial charge is 0.106 e. The number of hydrogen-bond donors (Lipinski definition) is 0. The summed E-state index contributed by atoms with van der Waals surface area (Å²) in [6.45, 7) is 0. The van der Waals surface area contributed by atoms with Gasteiger partial charge in [0.25, 0.3) is 0 Å². The van der Waals surface area contributed by atoms with Crippen LogP contribution >= 0.6 is 15.9 Å². The van der Waals surface area contributed by atoms with Crippen molar-refractivity contribution in [1.82, 2.24) is 4.98 Å². The highest BCUT2D eigenvalue weighted by atomic mass is 79.9. The van der Waals surface area contributed by atoms with Gasteiger partial charge in [-0.15, -0.1) is 0 Å². The number of allylic oxidation sites excluding steroid dienone is 4. The standard InChI is InChI=1S/C24H20BrN/c25-23-13-8-16(15-26-23)14-19-6-3-5-18-10-11-21-20-7-2-1-4-17(20)9-12-22(21)24(18)19/h2-3,5-8,10-11,13,15H,1,4,9,12,14H2. The molecule has 0 saturated heterocycles. The fourth-order valence-electron chi connectivity index (χ4n) is 4.45. The topological polar surface area (TPSA) is 12.9 Å². The molecular formula is C24H20BrN. The third kappa shape index (κ3) is 2.73. The number of nitrogens with zero attached hydrogens (tertiary/aromatic N) is 1. The minimum atomic E-state index is 0.889. The van der Waals surface area contributed by atoms with Crippen molar-refractivity contribution in [3.63, 3.8) is 0 Å². The van der Waals surface area contributed by atoms with Crippen LogP contribution in [0.4, 0.5) is 0 Å². The molecule has 1 aromatic heterocycles. The summed E-state index contributed by atoms with van der Waals surface area (Å²) in [4.78, 5) is 4.40. The molecule has 0 radical (unpaired) electrons. The summed E-state index contributed by atoms with van der Waals surface area (Å²) >= 11 is 3.43. The van der Waals surface area contributed by atoms with E-state index in [1.807, 2.05) is 12.3 Å². The fourth-order valence-corrected chi connectivity index (χ4v) is 4.69. The van der Waals surface area contributed by atoms with Crippen molar-refractivity contribution in [3.05, 3.63) is 93.2 Å². The third-order valence-electron chi connectivity index (χ3n) is 5.67. The van der Waals surface area contributed by atoms with Crippen molar-refractivity contribution in [2.45, 2.75) is 32.1 Å². The lowest BCUT2D eigenvalue weighted by molar-refractivity contribution is 0.830. The molecule has 0 amide bonds. The molecule has 2 heteroatoms. The summed E-state index contributed by atoms with van der Waals surface area (Å²) in [5.74, 6) is 0. The number of hydrogen-bond acceptors (Lipinski definition) is 1. The van der Waals surface area contributed by atoms with Gasteiger partial charge in [0.1, 0.15) is 4.60 Å². The van der Waals surface area contributed by atoms with Crippen LogP contribution < -0.4 is 0 Å². The van der Waals surface area contributed by atoms with Crippen LogP contribution in [0.3, 0.4) is 0 Å². The molecule has 0 saturated carbocycles. The molecule has 26 heavy (non-hydrogen) atoms. The molecule has 1 heterocycles. The zero-order valence-electron chi connectivity index (χ0n) is 14.6. The molecule has 1 nitrogen and oxygen atoms in total. The van der Waals surface area contributed by atoms with Gasteiger partial charge in [0.2, 0.25) is 0 Å². The molecular weight excluding hydrogens is 382 g/mol. The molecule has 0 bridgehead atoms. The molecule has 128 valence electrons. The molecule has 3 aromatic rings. The Kier molecular flexibility index (Phi) is 4.01. The van der Waals surface area contributed by atoms with E-state index in [2.05, 4.69) is 69.5 Å². The summed E-state index contributed by atoms with van der Waals surface area (Å²) in [6, 6.07) is 15.5. The Morgan fingerprint density at radius 3 is 2.81 bits per heavy atom. The predicted octanol–water partition coefficient (Wildman–Crippen LogP) is 6.64. The van der Waals surface area contributed by atoms with E-state index in [4.69, 9.17) is 0 Å². The Morgan fingerprint density at radius 1 is 0.962 bits per heavy atom. The molecule has 2 aliphatic carbocycles. The summed E-state index contributed by atoms with van der Waals surface area (Å²) in [5, 5.41) is 2.81. The highest BCUT2D eigenvalue weighted by Gasteiger charge is 2.21. The molecule has 0 unspecified atom stereocenters. The Labute approximate surface area is 162 Å². The van der Waals surface area contributed by atoms with Crippen LogP contribution in [0.25, 0.3) is 16.3 Å². The van der Waals surface area contributed by atoms with Crippen molar-refractivity contribution < 1.29 is 0 Å². The first kappa shape index (κ1) is 16.0. The van der Waals surface area contributed by atoms with Crippen molar-refractivity contribution >= 4 is 32.3 Å². The lowest BCUT2D eigenvalue weighted by Crippen LogP contribution is -2.08. The summed E-state index contributed by atoms with van der Waals surface area (Å²) in [6.07, 6.45) is 12.4. The number of aryl methyl sites for hydroxylation is 1. The number of benzene rings is 2. The van der Waals surface area contributed by atoms with Crippen LogP contribution in [0, 0.1) is 0 Å². The van der Waals surface area contributed by atoms with Gasteiger partial charge in [-0.3, -0.25) is 0 Å². The number of pyridine rings is 1. The first-order valence-corrected chi connectivity index (χ1v) is 10.1. The van der Waals surface area contributed by atoms with Crippen LogP contribution in [-0.2, 0) is 12.8 Å². The van der Waals surface area contributed by atoms with Gasteiger partial charge in [-0.05, 0) is 92.7 Å². The lowest BCUT2D eigenvalue weighted by Gasteiger charge is -2.26. The molecule has 2 aliphatic rings. The van der Waals surface area contributed by atoms with E-state index in [1.54, 1.807) is 5.57 Å². The lowest BCUT2D eigenvalue weighted by atomic mass is 9.78. The maximum atomic E-state index is 4.40. The molecule has 0 spiro atoms. The number of halogens is 1. The Morgan fingerprint density at radius 2 is 1.92 bits per heavy atom. The van der Waals surface area contributed by atoms with E-state index in [0.29, 0.717) is 0 Å². The molecule has 0 fully saturated rings. The second kappa shape index (κ2) is 6.51. The summed E-state index contributed by atoms with van der Waals surface area (Å²) < 4.78 is 0.889. The maximum Gasteiger partial charge on any atom is 0.106 e. The van der Waals surface area contributed by atoms with Crippen molar-refractivity contribution in [2.75, 3.05) is 0 Å². The Hall–Kier alpha value is -2.19. The fraction of sp³-hybridized carbons (Fsp3) is 0.208. The minimum absolute atomic E-state index is 0.889. The van der Waals surface area contributed by atoms with E-state index in [0.717, 1.165) is 17.4 Å². The van der Waals surface area contributed by atoms with Gasteiger partial charge < -0.3 is 0 Å². The minimum Gasteiger partial charge on any atom is -0.249 e. The molecule has 2 aromatic carbocycles. The largest absolute Gasteiger partial charge is 0.249 e. The SMILES string of the molecule is Brc1ccc(Cc2cccc3ccc4c(c23)CCC2=C4C=CCC2)cn1. The van der Waals surface area contributed by atoms with Crippen LogP contribution in [-0.4, -0.2) is 4.98 Å². The zero-order chi connectivity index (χ0) is 17.5. The van der Waals surface area contributed by atoms with Crippen molar-refractivity contribution in [1.29, 1.82) is 0 Å². The van der Waals surface area contributed by atoms with E-state index in [1.165, 1.54) is 57.9 Å². The van der Waals surface area contributed by atoms with Gasteiger partial charge in [-0.1, -0.05) is 54.1 Å². The Bertz CT molecular complexity index is 1060. The molecule has 0 aliphatic heterocycles. The average Bonchev–Trinajstić information content (AvgIpc) is 2.69. The van der Waals surface area contributed by atoms with Crippen molar-refractivity contribution in [2.24, 2.45) is 0 Å². The van der Waals surface area contributed by atoms with E-state index in [9.17, 15) is 0 Å². The Balaban J connectivity index is 1.67. The van der Waals surface area contributed by atoms with Crippen LogP contribution in [0.5, 0.6) is 0 Å². The molecule has 0 N–H and O–H groups in total. The van der Waals surface area contributed by atoms with Crippen LogP contribution in [0.15, 0.2) is 71.0 Å². The van der Waals surface area contributed by atoms with Gasteiger partial charge in [0.15, 0.2) is 0 Å². The monoisotopic (exact) mass is 401 g/mol. The van der Waals surface area contributed by atoms with E-state index >= 15 is 0 Å². The summed E-state index contributed by atoms with van der Waals surface area (Å²) in [7, 11) is 0. The normalized spacial score (nSPS) is 15.9. The second-order valence-corrected chi connectivity index (χ2v) is 8.04. The zero-order valence-corrected chi connectivity index (χ0v) is 16.2. The number of fused-ring (bicyclic) bond motifs is 4. The van der Waals surface area contributed by atoms with E-state index in [-0.39, 0.29) is 0 Å². The number of rotatable bonds is 2. The highest BCUT2D eigenvalue weighted by Crippen LogP contribution is 2.40. The molecule has 0 atom stereocenters. The number of aromatic nitrogens is 1. The molecule has 5 rings (SSSR count). The summed E-state index contributed by atoms with van der Waals surface area (Å²) in [5.41, 5.74) is 8.79. The van der Waals surface area contributed by atoms with Gasteiger partial charge >= 0.3 is 0 Å². The van der Waals surface area contributed by atoms with Gasteiger partial charge in [-0.2, -0.15) is 0 Å². The predicted molar refractivity (Wildman–Crippen MR) is 112 cm³/mol. The average molecular weight is 402 g/mol. The third-order valence-corrected chi connectivity index (χ3v) is 6.14. The maximum absolute atomic E-state index is 4.40. The van der Waals surface area contributed by atoms with Gasteiger partial charge in [-0.25, -0.2) is 4.98 Å². The van der Waals surface area contributed by atoms with Gasteiger partial charge in [0.05, 0.1) is 0 Å². The first-order valence-electron chi connectivity index (χ1n) is 9.32. The first-order chi connectivity index (χ1) is 12.8. The quantitative estimate of drug-likeness (QED) is 0.438. The van der Waals surface area contributed by atoms with E-state index < -0.39 is 0 Å².